The number of anilines is 2. The second kappa shape index (κ2) is 7.03. The Morgan fingerprint density at radius 2 is 1.88 bits per heavy atom. The lowest BCUT2D eigenvalue weighted by atomic mass is 9.96. The molecule has 0 saturated heterocycles. The van der Waals surface area contributed by atoms with Crippen LogP contribution in [0.1, 0.15) is 52.9 Å². The van der Waals surface area contributed by atoms with Crippen molar-refractivity contribution in [1.82, 2.24) is 4.98 Å². The van der Waals surface area contributed by atoms with Gasteiger partial charge in [-0.1, -0.05) is 48.8 Å². The fourth-order valence-electron chi connectivity index (χ4n) is 3.03. The van der Waals surface area contributed by atoms with Gasteiger partial charge in [-0.25, -0.2) is 4.98 Å². The van der Waals surface area contributed by atoms with Crippen molar-refractivity contribution in [2.45, 2.75) is 44.3 Å². The first kappa shape index (κ1) is 17.7. The second-order valence-corrected chi connectivity index (χ2v) is 7.08. The molecule has 0 atom stereocenters. The summed E-state index contributed by atoms with van der Waals surface area (Å²) in [5.41, 5.74) is 4.43. The van der Waals surface area contributed by atoms with E-state index in [2.05, 4.69) is 10.3 Å². The van der Waals surface area contributed by atoms with Crippen LogP contribution in [-0.4, -0.2) is 16.8 Å². The van der Waals surface area contributed by atoms with Crippen LogP contribution in [0.5, 0.6) is 0 Å². The van der Waals surface area contributed by atoms with Crippen LogP contribution >= 0.6 is 11.3 Å². The molecule has 1 fully saturated rings. The van der Waals surface area contributed by atoms with Crippen molar-refractivity contribution in [3.8, 4) is 0 Å². The van der Waals surface area contributed by atoms with Crippen molar-refractivity contribution in [3.63, 3.8) is 0 Å². The highest BCUT2D eigenvalue weighted by atomic mass is 32.1. The van der Waals surface area contributed by atoms with Crippen LogP contribution in [0.15, 0.2) is 24.3 Å². The van der Waals surface area contributed by atoms with E-state index in [1.54, 1.807) is 0 Å². The van der Waals surface area contributed by atoms with E-state index in [1.165, 1.54) is 24.6 Å². The SMILES string of the molecule is Nc1nc(NC2CCCCC2)sc1C(=O)c1ccccc1C(F)(F)F. The summed E-state index contributed by atoms with van der Waals surface area (Å²) in [5, 5.41) is 3.73. The molecule has 1 aliphatic carbocycles. The van der Waals surface area contributed by atoms with Gasteiger partial charge in [-0.2, -0.15) is 13.2 Å². The molecule has 1 heterocycles. The van der Waals surface area contributed by atoms with Gasteiger partial charge in [0, 0.05) is 11.6 Å². The number of halogens is 3. The molecule has 4 nitrogen and oxygen atoms in total. The number of carbonyl (C=O) groups is 1. The zero-order chi connectivity index (χ0) is 18.0. The standard InChI is InChI=1S/C17H18F3N3OS/c18-17(19,20)12-9-5-4-8-11(12)13(24)14-15(21)23-16(25-14)22-10-6-2-1-3-7-10/h4-5,8-10H,1-3,6-7,21H2,(H,22,23). The van der Waals surface area contributed by atoms with Crippen LogP contribution in [0.3, 0.4) is 0 Å². The van der Waals surface area contributed by atoms with Gasteiger partial charge in [0.05, 0.1) is 5.56 Å². The zero-order valence-corrected chi connectivity index (χ0v) is 14.2. The molecule has 3 rings (SSSR count). The first-order valence-corrected chi connectivity index (χ1v) is 8.91. The maximum absolute atomic E-state index is 13.1. The Balaban J connectivity index is 1.86. The maximum atomic E-state index is 13.1. The molecular weight excluding hydrogens is 351 g/mol. The Morgan fingerprint density at radius 1 is 1.20 bits per heavy atom. The fraction of sp³-hybridized carbons (Fsp3) is 0.412. The van der Waals surface area contributed by atoms with Crippen molar-refractivity contribution >= 4 is 28.1 Å². The molecule has 0 bridgehead atoms. The van der Waals surface area contributed by atoms with Gasteiger partial charge < -0.3 is 11.1 Å². The minimum Gasteiger partial charge on any atom is -0.382 e. The number of thiazole rings is 1. The Bertz CT molecular complexity index is 767. The molecule has 0 spiro atoms. The van der Waals surface area contributed by atoms with E-state index in [4.69, 9.17) is 5.73 Å². The number of nitrogens with zero attached hydrogens (tertiary/aromatic N) is 1. The molecule has 2 aromatic rings. The van der Waals surface area contributed by atoms with Crippen molar-refractivity contribution in [3.05, 3.63) is 40.3 Å². The number of carbonyl (C=O) groups excluding carboxylic acids is 1. The molecule has 0 amide bonds. The molecule has 1 aromatic carbocycles. The molecule has 8 heteroatoms. The summed E-state index contributed by atoms with van der Waals surface area (Å²) in [6, 6.07) is 4.99. The topological polar surface area (TPSA) is 68.0 Å². The highest BCUT2D eigenvalue weighted by molar-refractivity contribution is 7.18. The number of hydrogen-bond acceptors (Lipinski definition) is 5. The van der Waals surface area contributed by atoms with Crippen LogP contribution in [-0.2, 0) is 6.18 Å². The first-order chi connectivity index (χ1) is 11.9. The fourth-order valence-corrected chi connectivity index (χ4v) is 3.94. The van der Waals surface area contributed by atoms with Crippen LogP contribution in [0.4, 0.5) is 24.1 Å². The lowest BCUT2D eigenvalue weighted by molar-refractivity contribution is -0.137. The van der Waals surface area contributed by atoms with Crippen molar-refractivity contribution in [2.24, 2.45) is 0 Å². The van der Waals surface area contributed by atoms with Gasteiger partial charge >= 0.3 is 6.18 Å². The van der Waals surface area contributed by atoms with E-state index in [-0.39, 0.29) is 16.7 Å². The van der Waals surface area contributed by atoms with Crippen molar-refractivity contribution in [2.75, 3.05) is 11.1 Å². The van der Waals surface area contributed by atoms with Gasteiger partial charge in [0.2, 0.25) is 5.78 Å². The Morgan fingerprint density at radius 3 is 2.56 bits per heavy atom. The van der Waals surface area contributed by atoms with E-state index >= 15 is 0 Å². The third-order valence-electron chi connectivity index (χ3n) is 4.27. The predicted molar refractivity (Wildman–Crippen MR) is 91.9 cm³/mol. The summed E-state index contributed by atoms with van der Waals surface area (Å²) >= 11 is 1.01. The number of alkyl halides is 3. The number of hydrogen-bond donors (Lipinski definition) is 2. The summed E-state index contributed by atoms with van der Waals surface area (Å²) in [7, 11) is 0. The third kappa shape index (κ3) is 3.95. The summed E-state index contributed by atoms with van der Waals surface area (Å²) < 4.78 is 39.4. The average Bonchev–Trinajstić information content (AvgIpc) is 2.94. The number of nitrogens with one attached hydrogen (secondary N) is 1. The van der Waals surface area contributed by atoms with Crippen LogP contribution in [0.25, 0.3) is 0 Å². The molecule has 0 radical (unpaired) electrons. The molecule has 25 heavy (non-hydrogen) atoms. The largest absolute Gasteiger partial charge is 0.417 e. The number of nitrogen functional groups attached to an aromatic ring is 1. The number of ketones is 1. The van der Waals surface area contributed by atoms with Gasteiger partial charge in [-0.15, -0.1) is 0 Å². The van der Waals surface area contributed by atoms with Crippen LogP contribution < -0.4 is 11.1 Å². The van der Waals surface area contributed by atoms with Gasteiger partial charge in [0.1, 0.15) is 10.7 Å². The molecule has 0 unspecified atom stereocenters. The molecule has 1 saturated carbocycles. The number of benzene rings is 1. The number of rotatable bonds is 4. The zero-order valence-electron chi connectivity index (χ0n) is 13.4. The predicted octanol–water partition coefficient (Wildman–Crippen LogP) is 4.72. The molecule has 134 valence electrons. The minimum atomic E-state index is -4.60. The van der Waals surface area contributed by atoms with Crippen LogP contribution in [0.2, 0.25) is 0 Å². The van der Waals surface area contributed by atoms with E-state index < -0.39 is 23.1 Å². The highest BCUT2D eigenvalue weighted by Crippen LogP contribution is 2.35. The van der Waals surface area contributed by atoms with Gasteiger partial charge in [-0.05, 0) is 18.9 Å². The summed E-state index contributed by atoms with van der Waals surface area (Å²) in [4.78, 5) is 16.8. The number of aromatic nitrogens is 1. The molecule has 0 aliphatic heterocycles. The third-order valence-corrected chi connectivity index (χ3v) is 5.27. The van der Waals surface area contributed by atoms with E-state index in [9.17, 15) is 18.0 Å². The van der Waals surface area contributed by atoms with E-state index in [0.717, 1.165) is 43.1 Å². The van der Waals surface area contributed by atoms with E-state index in [0.29, 0.717) is 5.13 Å². The van der Waals surface area contributed by atoms with Gasteiger partial charge in [-0.3, -0.25) is 4.79 Å². The summed E-state index contributed by atoms with van der Waals surface area (Å²) in [6.07, 6.45) is 0.886. The normalized spacial score (nSPS) is 16.0. The Kier molecular flexibility index (Phi) is 4.99. The van der Waals surface area contributed by atoms with Gasteiger partial charge in [0.15, 0.2) is 5.13 Å². The summed E-state index contributed by atoms with van der Waals surface area (Å²) in [5.74, 6) is -0.787. The molecule has 1 aromatic heterocycles. The maximum Gasteiger partial charge on any atom is 0.417 e. The van der Waals surface area contributed by atoms with Gasteiger partial charge in [0.25, 0.3) is 0 Å². The summed E-state index contributed by atoms with van der Waals surface area (Å²) in [6.45, 7) is 0. The lowest BCUT2D eigenvalue weighted by Crippen LogP contribution is -2.22. The monoisotopic (exact) mass is 369 g/mol. The van der Waals surface area contributed by atoms with Crippen LogP contribution in [0, 0.1) is 0 Å². The Labute approximate surface area is 147 Å². The number of nitrogens with two attached hydrogens (primary N) is 1. The van der Waals surface area contributed by atoms with E-state index in [1.807, 2.05) is 0 Å². The lowest BCUT2D eigenvalue weighted by Gasteiger charge is -2.22. The average molecular weight is 369 g/mol. The molecule has 3 N–H and O–H groups in total. The van der Waals surface area contributed by atoms with Crippen molar-refractivity contribution in [1.29, 1.82) is 0 Å². The molecule has 1 aliphatic rings. The first-order valence-electron chi connectivity index (χ1n) is 8.10. The smallest absolute Gasteiger partial charge is 0.382 e. The molecular formula is C17H18F3N3OS. The second-order valence-electron chi connectivity index (χ2n) is 6.09. The van der Waals surface area contributed by atoms with Crippen molar-refractivity contribution < 1.29 is 18.0 Å². The highest BCUT2D eigenvalue weighted by Gasteiger charge is 2.35. The minimum absolute atomic E-state index is 0.0368. The Hall–Kier alpha value is -2.09. The quantitative estimate of drug-likeness (QED) is 0.765.